The van der Waals surface area contributed by atoms with Crippen LogP contribution in [0.3, 0.4) is 0 Å². The van der Waals surface area contributed by atoms with Gasteiger partial charge in [0, 0.05) is 17.2 Å². The second-order valence-electron chi connectivity index (χ2n) is 6.86. The third kappa shape index (κ3) is 4.23. The van der Waals surface area contributed by atoms with Crippen LogP contribution in [0.1, 0.15) is 34.6 Å². The van der Waals surface area contributed by atoms with E-state index in [0.29, 0.717) is 17.1 Å². The van der Waals surface area contributed by atoms with Crippen LogP contribution in [0.5, 0.6) is 0 Å². The molecule has 0 radical (unpaired) electrons. The summed E-state index contributed by atoms with van der Waals surface area (Å²) in [6, 6.07) is 9.92. The highest BCUT2D eigenvalue weighted by Crippen LogP contribution is 2.31. The molecule has 2 N–H and O–H groups in total. The molecule has 4 rings (SSSR count). The molecule has 0 amide bonds. The number of nitrogens with zero attached hydrogens (tertiary/aromatic N) is 4. The lowest BCUT2D eigenvalue weighted by Crippen LogP contribution is -2.05. The monoisotopic (exact) mass is 443 g/mol. The van der Waals surface area contributed by atoms with Crippen LogP contribution in [-0.2, 0) is 6.18 Å². The van der Waals surface area contributed by atoms with Crippen LogP contribution in [0, 0.1) is 18.8 Å². The molecule has 0 fully saturated rings. The number of aromatic nitrogens is 4. The van der Waals surface area contributed by atoms with E-state index in [1.165, 1.54) is 18.2 Å². The van der Waals surface area contributed by atoms with Gasteiger partial charge in [-0.05, 0) is 43.2 Å². The average molecular weight is 443 g/mol. The summed E-state index contributed by atoms with van der Waals surface area (Å²) in [5.41, 5.74) is 6.17. The van der Waals surface area contributed by atoms with E-state index in [9.17, 15) is 22.0 Å². The molecule has 0 bridgehead atoms. The van der Waals surface area contributed by atoms with Crippen molar-refractivity contribution in [2.75, 3.05) is 5.73 Å². The minimum absolute atomic E-state index is 0.0918. The highest BCUT2D eigenvalue weighted by molar-refractivity contribution is 5.64. The molecule has 0 spiro atoms. The Bertz CT molecular complexity index is 1360. The summed E-state index contributed by atoms with van der Waals surface area (Å²) in [6.07, 6.45) is -7.39. The standard InChI is InChI=1S/C22H14F5N5/c1-12-13(5-9-19(28)29-12)4-8-16-10-20-30-17(11-18(21(23)24)32(20)31-16)14-2-6-15(7-3-14)22(25,26)27/h2-3,5-7,9-11,21H,1H3,(H2,28,29). The number of nitrogens with two attached hydrogens (primary N) is 1. The van der Waals surface area contributed by atoms with Gasteiger partial charge in [0.05, 0.1) is 17.0 Å². The molecule has 0 aliphatic rings. The molecule has 0 atom stereocenters. The van der Waals surface area contributed by atoms with Gasteiger partial charge >= 0.3 is 6.18 Å². The van der Waals surface area contributed by atoms with E-state index < -0.39 is 23.9 Å². The van der Waals surface area contributed by atoms with Crippen molar-refractivity contribution in [1.82, 2.24) is 19.6 Å². The first-order chi connectivity index (χ1) is 15.1. The molecule has 1 aromatic carbocycles. The zero-order valence-corrected chi connectivity index (χ0v) is 16.5. The van der Waals surface area contributed by atoms with E-state index in [0.717, 1.165) is 22.7 Å². The maximum atomic E-state index is 13.7. The smallest absolute Gasteiger partial charge is 0.384 e. The Kier molecular flexibility index (Phi) is 5.26. The SMILES string of the molecule is Cc1nc(N)ccc1C#Cc1cc2nc(-c3ccc(C(F)(F)F)cc3)cc(C(F)F)n2n1. The fourth-order valence-corrected chi connectivity index (χ4v) is 3.04. The first-order valence-corrected chi connectivity index (χ1v) is 9.23. The molecule has 0 saturated heterocycles. The number of pyridine rings is 1. The maximum absolute atomic E-state index is 13.7. The number of rotatable bonds is 2. The predicted octanol–water partition coefficient (Wildman–Crippen LogP) is 5.04. The van der Waals surface area contributed by atoms with E-state index in [-0.39, 0.29) is 22.6 Å². The van der Waals surface area contributed by atoms with Gasteiger partial charge in [0.2, 0.25) is 0 Å². The summed E-state index contributed by atoms with van der Waals surface area (Å²) >= 11 is 0. The van der Waals surface area contributed by atoms with Crippen molar-refractivity contribution in [2.24, 2.45) is 0 Å². The molecule has 0 aliphatic heterocycles. The maximum Gasteiger partial charge on any atom is 0.416 e. The van der Waals surface area contributed by atoms with Crippen molar-refractivity contribution in [3.05, 3.63) is 76.7 Å². The van der Waals surface area contributed by atoms with Gasteiger partial charge in [0.15, 0.2) is 5.65 Å². The zero-order valence-electron chi connectivity index (χ0n) is 16.5. The molecule has 3 aromatic heterocycles. The number of fused-ring (bicyclic) bond motifs is 1. The number of anilines is 1. The lowest BCUT2D eigenvalue weighted by molar-refractivity contribution is -0.137. The topological polar surface area (TPSA) is 69.1 Å². The highest BCUT2D eigenvalue weighted by Gasteiger charge is 2.30. The van der Waals surface area contributed by atoms with Crippen LogP contribution in [0.15, 0.2) is 48.5 Å². The van der Waals surface area contributed by atoms with Crippen LogP contribution in [-0.4, -0.2) is 19.6 Å². The predicted molar refractivity (Wildman–Crippen MR) is 108 cm³/mol. The molecular formula is C22H14F5N5. The molecular weight excluding hydrogens is 429 g/mol. The normalized spacial score (nSPS) is 11.6. The second-order valence-corrected chi connectivity index (χ2v) is 6.86. The van der Waals surface area contributed by atoms with Crippen LogP contribution in [0.25, 0.3) is 16.9 Å². The second kappa shape index (κ2) is 7.92. The summed E-state index contributed by atoms with van der Waals surface area (Å²) in [4.78, 5) is 8.37. The Morgan fingerprint density at radius 3 is 2.31 bits per heavy atom. The first-order valence-electron chi connectivity index (χ1n) is 9.23. The summed E-state index contributed by atoms with van der Waals surface area (Å²) in [5.74, 6) is 6.00. The summed E-state index contributed by atoms with van der Waals surface area (Å²) < 4.78 is 66.7. The van der Waals surface area contributed by atoms with Crippen molar-refractivity contribution >= 4 is 11.5 Å². The Morgan fingerprint density at radius 2 is 1.69 bits per heavy atom. The highest BCUT2D eigenvalue weighted by atomic mass is 19.4. The Morgan fingerprint density at radius 1 is 0.969 bits per heavy atom. The third-order valence-corrected chi connectivity index (χ3v) is 4.62. The van der Waals surface area contributed by atoms with Gasteiger partial charge in [-0.15, -0.1) is 0 Å². The summed E-state index contributed by atoms with van der Waals surface area (Å²) in [7, 11) is 0. The fourth-order valence-electron chi connectivity index (χ4n) is 3.04. The van der Waals surface area contributed by atoms with E-state index in [1.54, 1.807) is 19.1 Å². The number of aryl methyl sites for hydroxylation is 1. The zero-order chi connectivity index (χ0) is 23.0. The van der Waals surface area contributed by atoms with Gasteiger partial charge < -0.3 is 5.73 Å². The first kappa shape index (κ1) is 21.2. The number of hydrogen-bond donors (Lipinski definition) is 1. The number of alkyl halides is 5. The van der Waals surface area contributed by atoms with Crippen LogP contribution in [0.2, 0.25) is 0 Å². The van der Waals surface area contributed by atoms with Gasteiger partial charge in [0.25, 0.3) is 6.43 Å². The Labute approximate surface area is 178 Å². The molecule has 0 saturated carbocycles. The van der Waals surface area contributed by atoms with Gasteiger partial charge in [-0.3, -0.25) is 0 Å². The molecule has 3 heterocycles. The van der Waals surface area contributed by atoms with Crippen molar-refractivity contribution in [1.29, 1.82) is 0 Å². The van der Waals surface area contributed by atoms with Crippen molar-refractivity contribution < 1.29 is 22.0 Å². The molecule has 162 valence electrons. The van der Waals surface area contributed by atoms with Crippen molar-refractivity contribution in [2.45, 2.75) is 19.5 Å². The van der Waals surface area contributed by atoms with Crippen molar-refractivity contribution in [3.63, 3.8) is 0 Å². The number of halogens is 5. The summed E-state index contributed by atoms with van der Waals surface area (Å²) in [5, 5.41) is 4.08. The van der Waals surface area contributed by atoms with Gasteiger partial charge in [-0.1, -0.05) is 18.1 Å². The minimum Gasteiger partial charge on any atom is -0.384 e. The Hall–Kier alpha value is -4.00. The molecule has 5 nitrogen and oxygen atoms in total. The fraction of sp³-hybridized carbons (Fsp3) is 0.136. The van der Waals surface area contributed by atoms with Crippen LogP contribution >= 0.6 is 0 Å². The van der Waals surface area contributed by atoms with Gasteiger partial charge in [-0.2, -0.15) is 18.3 Å². The molecule has 4 aromatic rings. The van der Waals surface area contributed by atoms with E-state index >= 15 is 0 Å². The van der Waals surface area contributed by atoms with E-state index in [1.807, 2.05) is 0 Å². The quantitative estimate of drug-likeness (QED) is 0.348. The third-order valence-electron chi connectivity index (χ3n) is 4.62. The minimum atomic E-state index is -4.50. The number of hydrogen-bond acceptors (Lipinski definition) is 4. The van der Waals surface area contributed by atoms with Crippen LogP contribution in [0.4, 0.5) is 27.8 Å². The average Bonchev–Trinajstić information content (AvgIpc) is 3.14. The molecule has 32 heavy (non-hydrogen) atoms. The van der Waals surface area contributed by atoms with Crippen molar-refractivity contribution in [3.8, 4) is 23.1 Å². The van der Waals surface area contributed by atoms with Gasteiger partial charge in [0.1, 0.15) is 17.2 Å². The largest absolute Gasteiger partial charge is 0.416 e. The number of benzene rings is 1. The molecule has 0 unspecified atom stereocenters. The lowest BCUT2D eigenvalue weighted by atomic mass is 10.1. The molecule has 10 heteroatoms. The molecule has 0 aliphatic carbocycles. The van der Waals surface area contributed by atoms with E-state index in [2.05, 4.69) is 26.9 Å². The Balaban J connectivity index is 1.76. The summed E-state index contributed by atoms with van der Waals surface area (Å²) in [6.45, 7) is 1.73. The number of nitrogen functional groups attached to an aromatic ring is 1. The van der Waals surface area contributed by atoms with E-state index in [4.69, 9.17) is 5.73 Å². The van der Waals surface area contributed by atoms with Gasteiger partial charge in [-0.25, -0.2) is 23.3 Å². The lowest BCUT2D eigenvalue weighted by Gasteiger charge is -2.09. The van der Waals surface area contributed by atoms with Crippen LogP contribution < -0.4 is 5.73 Å².